The van der Waals surface area contributed by atoms with E-state index in [1.54, 1.807) is 17.2 Å². The van der Waals surface area contributed by atoms with Crippen molar-refractivity contribution in [3.05, 3.63) is 46.9 Å². The van der Waals surface area contributed by atoms with Gasteiger partial charge in [-0.2, -0.15) is 13.9 Å². The summed E-state index contributed by atoms with van der Waals surface area (Å²) < 4.78 is 34.6. The minimum absolute atomic E-state index is 0.161. The van der Waals surface area contributed by atoms with Crippen molar-refractivity contribution in [1.29, 1.82) is 0 Å². The summed E-state index contributed by atoms with van der Waals surface area (Å²) in [6.07, 6.45) is 3.49. The Balaban J connectivity index is 1.43. The SMILES string of the molecule is C[C@H]1OCc2c1c(N)nc1cnc(C(=O)N(Cc3ccc(OC(F)F)nn3)CC3CC3)cc21. The van der Waals surface area contributed by atoms with Crippen molar-refractivity contribution in [3.8, 4) is 5.88 Å². The highest BCUT2D eigenvalue weighted by atomic mass is 19.3. The number of hydrogen-bond donors (Lipinski definition) is 1. The molecule has 4 heterocycles. The molecule has 0 aromatic carbocycles. The third-order valence-electron chi connectivity index (χ3n) is 5.87. The third-order valence-corrected chi connectivity index (χ3v) is 5.87. The smallest absolute Gasteiger partial charge is 0.388 e. The van der Waals surface area contributed by atoms with Gasteiger partial charge in [-0.1, -0.05) is 0 Å². The lowest BCUT2D eigenvalue weighted by molar-refractivity contribution is -0.0534. The number of amides is 1. The van der Waals surface area contributed by atoms with Crippen molar-refractivity contribution in [3.63, 3.8) is 0 Å². The van der Waals surface area contributed by atoms with E-state index in [0.29, 0.717) is 36.1 Å². The van der Waals surface area contributed by atoms with Gasteiger partial charge in [0.15, 0.2) is 0 Å². The number of alkyl halides is 2. The highest BCUT2D eigenvalue weighted by Crippen LogP contribution is 2.38. The minimum atomic E-state index is -2.98. The van der Waals surface area contributed by atoms with Gasteiger partial charge in [-0.05, 0) is 43.4 Å². The number of anilines is 1. The second-order valence-corrected chi connectivity index (χ2v) is 8.30. The van der Waals surface area contributed by atoms with E-state index in [2.05, 4.69) is 24.9 Å². The second-order valence-electron chi connectivity index (χ2n) is 8.30. The Bertz CT molecular complexity index is 1200. The van der Waals surface area contributed by atoms with Crippen LogP contribution in [-0.2, 0) is 17.9 Å². The summed E-state index contributed by atoms with van der Waals surface area (Å²) >= 11 is 0. The van der Waals surface area contributed by atoms with Gasteiger partial charge in [0, 0.05) is 23.6 Å². The number of ether oxygens (including phenoxy) is 2. The Kier molecular flexibility index (Phi) is 5.49. The van der Waals surface area contributed by atoms with E-state index >= 15 is 0 Å². The molecule has 11 heteroatoms. The Hall–Kier alpha value is -3.47. The van der Waals surface area contributed by atoms with Gasteiger partial charge in [0.25, 0.3) is 5.91 Å². The number of carbonyl (C=O) groups excluding carboxylic acids is 1. The predicted molar refractivity (Wildman–Crippen MR) is 113 cm³/mol. The predicted octanol–water partition coefficient (Wildman–Crippen LogP) is 3.25. The molecule has 3 aromatic rings. The molecule has 1 amide bonds. The minimum Gasteiger partial charge on any atom is -0.415 e. The lowest BCUT2D eigenvalue weighted by atomic mass is 10.0. The molecule has 1 fully saturated rings. The largest absolute Gasteiger partial charge is 0.415 e. The zero-order valence-corrected chi connectivity index (χ0v) is 17.9. The number of hydrogen-bond acceptors (Lipinski definition) is 8. The molecule has 0 unspecified atom stereocenters. The normalized spacial score (nSPS) is 17.4. The molecule has 5 rings (SSSR count). The molecule has 0 saturated heterocycles. The number of halogens is 2. The standard InChI is InChI=1S/C22H22F2N6O3/c1-11-19-15(10-32-11)14-6-16(26-7-17(14)27-20(19)25)21(31)30(8-12-2-3-12)9-13-4-5-18(29-28-13)33-22(23)24/h4-7,11-12,22H,2-3,8-10H2,1H3,(H2,25,27)/t11-/m1/s1. The quantitative estimate of drug-likeness (QED) is 0.576. The molecule has 2 N–H and O–H groups in total. The van der Waals surface area contributed by atoms with Crippen LogP contribution in [0.1, 0.15) is 53.2 Å². The number of nitrogens with two attached hydrogens (primary N) is 1. The van der Waals surface area contributed by atoms with Crippen LogP contribution in [0.25, 0.3) is 10.9 Å². The van der Waals surface area contributed by atoms with Gasteiger partial charge in [-0.15, -0.1) is 5.10 Å². The first-order valence-corrected chi connectivity index (χ1v) is 10.7. The summed E-state index contributed by atoms with van der Waals surface area (Å²) in [5.41, 5.74) is 9.23. The van der Waals surface area contributed by atoms with Crippen molar-refractivity contribution in [1.82, 2.24) is 25.1 Å². The summed E-state index contributed by atoms with van der Waals surface area (Å²) in [7, 11) is 0. The van der Waals surface area contributed by atoms with E-state index in [0.717, 1.165) is 29.4 Å². The van der Waals surface area contributed by atoms with Gasteiger partial charge in [0.1, 0.15) is 11.5 Å². The average Bonchev–Trinajstić information content (AvgIpc) is 3.52. The summed E-state index contributed by atoms with van der Waals surface area (Å²) in [6.45, 7) is 0.0603. The molecule has 0 radical (unpaired) electrons. The number of carbonyl (C=O) groups is 1. The van der Waals surface area contributed by atoms with Crippen LogP contribution in [0.2, 0.25) is 0 Å². The third kappa shape index (κ3) is 4.40. The fraction of sp³-hybridized carbons (Fsp3) is 0.409. The van der Waals surface area contributed by atoms with E-state index in [4.69, 9.17) is 10.5 Å². The second kappa shape index (κ2) is 8.47. The van der Waals surface area contributed by atoms with E-state index < -0.39 is 6.61 Å². The van der Waals surface area contributed by atoms with Crippen molar-refractivity contribution < 1.29 is 23.0 Å². The number of fused-ring (bicyclic) bond motifs is 3. The lowest BCUT2D eigenvalue weighted by Gasteiger charge is -2.22. The molecule has 0 spiro atoms. The fourth-order valence-electron chi connectivity index (χ4n) is 4.06. The number of pyridine rings is 2. The van der Waals surface area contributed by atoms with E-state index in [-0.39, 0.29) is 30.1 Å². The Labute approximate surface area is 187 Å². The van der Waals surface area contributed by atoms with E-state index in [9.17, 15) is 13.6 Å². The molecule has 1 atom stereocenters. The van der Waals surface area contributed by atoms with Gasteiger partial charge in [0.2, 0.25) is 5.88 Å². The molecule has 1 saturated carbocycles. The summed E-state index contributed by atoms with van der Waals surface area (Å²) in [5, 5.41) is 8.38. The molecule has 1 aliphatic carbocycles. The first kappa shape index (κ1) is 21.4. The van der Waals surface area contributed by atoms with Crippen LogP contribution in [-0.4, -0.2) is 44.1 Å². The summed E-state index contributed by atoms with van der Waals surface area (Å²) in [6, 6.07) is 4.56. The highest BCUT2D eigenvalue weighted by Gasteiger charge is 2.30. The van der Waals surface area contributed by atoms with Crippen molar-refractivity contribution >= 4 is 22.6 Å². The highest BCUT2D eigenvalue weighted by molar-refractivity contribution is 5.97. The van der Waals surface area contributed by atoms with Gasteiger partial charge in [-0.25, -0.2) is 9.97 Å². The molecular formula is C22H22F2N6O3. The molecule has 172 valence electrons. The fourth-order valence-corrected chi connectivity index (χ4v) is 4.06. The Morgan fingerprint density at radius 3 is 2.85 bits per heavy atom. The summed E-state index contributed by atoms with van der Waals surface area (Å²) in [5.74, 6) is 0.304. The van der Waals surface area contributed by atoms with Crippen LogP contribution in [0.4, 0.5) is 14.6 Å². The molecule has 33 heavy (non-hydrogen) atoms. The monoisotopic (exact) mass is 456 g/mol. The number of nitrogens with zero attached hydrogens (tertiary/aromatic N) is 5. The number of aromatic nitrogens is 4. The Morgan fingerprint density at radius 1 is 1.33 bits per heavy atom. The first-order valence-electron chi connectivity index (χ1n) is 10.7. The maximum absolute atomic E-state index is 13.4. The molecule has 9 nitrogen and oxygen atoms in total. The van der Waals surface area contributed by atoms with Crippen LogP contribution >= 0.6 is 0 Å². The number of nitrogen functional groups attached to an aromatic ring is 1. The maximum atomic E-state index is 13.4. The molecular weight excluding hydrogens is 434 g/mol. The molecule has 1 aliphatic heterocycles. The zero-order chi connectivity index (χ0) is 23.1. The lowest BCUT2D eigenvalue weighted by Crippen LogP contribution is -2.33. The number of rotatable bonds is 7. The molecule has 3 aromatic heterocycles. The van der Waals surface area contributed by atoms with Crippen molar-refractivity contribution in [2.24, 2.45) is 5.92 Å². The van der Waals surface area contributed by atoms with Gasteiger partial charge in [-0.3, -0.25) is 4.79 Å². The first-order chi connectivity index (χ1) is 15.9. The van der Waals surface area contributed by atoms with Crippen molar-refractivity contribution in [2.75, 3.05) is 12.3 Å². The van der Waals surface area contributed by atoms with Crippen LogP contribution < -0.4 is 10.5 Å². The maximum Gasteiger partial charge on any atom is 0.388 e. The molecule has 2 aliphatic rings. The molecule has 0 bridgehead atoms. The van der Waals surface area contributed by atoms with Crippen LogP contribution in [0.3, 0.4) is 0 Å². The average molecular weight is 456 g/mol. The van der Waals surface area contributed by atoms with E-state index in [1.165, 1.54) is 12.1 Å². The van der Waals surface area contributed by atoms with Gasteiger partial charge in [0.05, 0.1) is 36.7 Å². The van der Waals surface area contributed by atoms with Crippen LogP contribution in [0.5, 0.6) is 5.88 Å². The van der Waals surface area contributed by atoms with Gasteiger partial charge >= 0.3 is 6.61 Å². The van der Waals surface area contributed by atoms with Crippen molar-refractivity contribution in [2.45, 2.75) is 45.6 Å². The summed E-state index contributed by atoms with van der Waals surface area (Å²) in [4.78, 5) is 23.8. The zero-order valence-electron chi connectivity index (χ0n) is 17.9. The topological polar surface area (TPSA) is 116 Å². The van der Waals surface area contributed by atoms with Crippen LogP contribution in [0.15, 0.2) is 24.4 Å². The van der Waals surface area contributed by atoms with E-state index in [1.807, 2.05) is 6.92 Å². The van der Waals surface area contributed by atoms with Crippen LogP contribution in [0, 0.1) is 5.92 Å². The van der Waals surface area contributed by atoms with Gasteiger partial charge < -0.3 is 20.1 Å². The Morgan fingerprint density at radius 2 is 2.15 bits per heavy atom.